The monoisotopic (exact) mass is 411 g/mol. The summed E-state index contributed by atoms with van der Waals surface area (Å²) in [5, 5.41) is 10.3. The Morgan fingerprint density at radius 2 is 1.87 bits per heavy atom. The standard InChI is InChI=1S/C27H41NO2/c1-26-12-10-20(29)15-19(26)8-9-21-22(26)11-13-27(2)23(21)14-18-16-28-25(30-24(18)27)17-6-4-3-5-7-17/h8,17-18,20-24,29H,3-7,9-16H2,1-2H3/t18-,20-,21+,22-,23-,24+,26-,27-/m0/s1. The molecule has 0 unspecified atom stereocenters. The second-order valence-electron chi connectivity index (χ2n) is 12.2. The Balaban J connectivity index is 1.25. The summed E-state index contributed by atoms with van der Waals surface area (Å²) in [6.07, 6.45) is 17.9. The number of aliphatic imine (C=N–C) groups is 1. The molecule has 0 amide bonds. The fourth-order valence-electron chi connectivity index (χ4n) is 9.13. The minimum atomic E-state index is -0.104. The summed E-state index contributed by atoms with van der Waals surface area (Å²) in [5.41, 5.74) is 2.25. The third-order valence-electron chi connectivity index (χ3n) is 10.8. The van der Waals surface area contributed by atoms with E-state index in [2.05, 4.69) is 19.9 Å². The smallest absolute Gasteiger partial charge is 0.186 e. The van der Waals surface area contributed by atoms with Gasteiger partial charge in [0.05, 0.1) is 6.10 Å². The largest absolute Gasteiger partial charge is 0.477 e. The molecule has 0 aromatic heterocycles. The van der Waals surface area contributed by atoms with E-state index in [0.717, 1.165) is 43.0 Å². The molecule has 166 valence electrons. The zero-order valence-corrected chi connectivity index (χ0v) is 19.1. The van der Waals surface area contributed by atoms with Gasteiger partial charge in [0, 0.05) is 23.8 Å². The van der Waals surface area contributed by atoms with E-state index in [1.807, 2.05) is 0 Å². The van der Waals surface area contributed by atoms with Crippen LogP contribution in [0.15, 0.2) is 16.6 Å². The molecule has 3 heteroatoms. The Morgan fingerprint density at radius 3 is 2.70 bits per heavy atom. The molecule has 30 heavy (non-hydrogen) atoms. The van der Waals surface area contributed by atoms with Crippen molar-refractivity contribution in [3.05, 3.63) is 11.6 Å². The van der Waals surface area contributed by atoms with E-state index < -0.39 is 0 Å². The van der Waals surface area contributed by atoms with E-state index in [4.69, 9.17) is 9.73 Å². The molecule has 1 aliphatic heterocycles. The highest BCUT2D eigenvalue weighted by Gasteiger charge is 2.62. The molecule has 4 saturated carbocycles. The van der Waals surface area contributed by atoms with E-state index in [9.17, 15) is 5.11 Å². The summed E-state index contributed by atoms with van der Waals surface area (Å²) < 4.78 is 6.85. The van der Waals surface area contributed by atoms with Crippen molar-refractivity contribution in [2.24, 2.45) is 45.4 Å². The second-order valence-corrected chi connectivity index (χ2v) is 12.2. The zero-order valence-electron chi connectivity index (χ0n) is 19.1. The van der Waals surface area contributed by atoms with Gasteiger partial charge in [-0.1, -0.05) is 44.8 Å². The van der Waals surface area contributed by atoms with E-state index in [1.165, 1.54) is 64.2 Å². The molecule has 8 atom stereocenters. The SMILES string of the molecule is C[C@]12CC[C@H]3[C@@H](CC=C4C[C@@H](O)CC[C@@]43C)[C@@H]1C[C@H]1CN=C(C3CCCCC3)O[C@H]12. The maximum absolute atomic E-state index is 10.3. The summed E-state index contributed by atoms with van der Waals surface area (Å²) >= 11 is 0. The molecule has 3 nitrogen and oxygen atoms in total. The normalized spacial score (nSPS) is 50.9. The first-order chi connectivity index (χ1) is 14.5. The van der Waals surface area contributed by atoms with E-state index >= 15 is 0 Å². The molecule has 0 radical (unpaired) electrons. The molecule has 0 spiro atoms. The molecule has 0 aromatic rings. The average Bonchev–Trinajstić information content (AvgIpc) is 3.07. The van der Waals surface area contributed by atoms with Crippen molar-refractivity contribution in [2.75, 3.05) is 6.54 Å². The van der Waals surface area contributed by atoms with Crippen LogP contribution in [0.5, 0.6) is 0 Å². The molecular weight excluding hydrogens is 370 g/mol. The van der Waals surface area contributed by atoms with Crippen molar-refractivity contribution in [2.45, 2.75) is 103 Å². The highest BCUT2D eigenvalue weighted by atomic mass is 16.5. The number of aliphatic hydroxyl groups is 1. The van der Waals surface area contributed by atoms with Gasteiger partial charge in [-0.15, -0.1) is 0 Å². The van der Waals surface area contributed by atoms with Crippen molar-refractivity contribution >= 4 is 5.90 Å². The van der Waals surface area contributed by atoms with Gasteiger partial charge in [-0.2, -0.15) is 0 Å². The summed E-state index contributed by atoms with van der Waals surface area (Å²) in [4.78, 5) is 5.03. The molecular formula is C27H41NO2. The molecule has 6 aliphatic rings. The van der Waals surface area contributed by atoms with Crippen LogP contribution in [-0.2, 0) is 4.74 Å². The second kappa shape index (κ2) is 7.09. The number of fused-ring (bicyclic) bond motifs is 7. The van der Waals surface area contributed by atoms with Crippen molar-refractivity contribution in [3.63, 3.8) is 0 Å². The van der Waals surface area contributed by atoms with Crippen LogP contribution >= 0.6 is 0 Å². The van der Waals surface area contributed by atoms with Crippen LogP contribution in [0.25, 0.3) is 0 Å². The lowest BCUT2D eigenvalue weighted by atomic mass is 9.48. The molecule has 1 N–H and O–H groups in total. The fraction of sp³-hybridized carbons (Fsp3) is 0.889. The lowest BCUT2D eigenvalue weighted by Crippen LogP contribution is -2.52. The quantitative estimate of drug-likeness (QED) is 0.545. The van der Waals surface area contributed by atoms with Crippen LogP contribution in [0.1, 0.15) is 90.9 Å². The van der Waals surface area contributed by atoms with E-state index in [-0.39, 0.29) is 6.10 Å². The lowest BCUT2D eigenvalue weighted by molar-refractivity contribution is -0.0741. The highest BCUT2D eigenvalue weighted by Crippen LogP contribution is 2.66. The van der Waals surface area contributed by atoms with Crippen molar-refractivity contribution < 1.29 is 9.84 Å². The minimum absolute atomic E-state index is 0.104. The molecule has 6 rings (SSSR count). The number of hydrogen-bond acceptors (Lipinski definition) is 3. The van der Waals surface area contributed by atoms with E-state index in [0.29, 0.717) is 28.8 Å². The molecule has 1 heterocycles. The number of nitrogens with zero attached hydrogens (tertiary/aromatic N) is 1. The average molecular weight is 412 g/mol. The third-order valence-corrected chi connectivity index (χ3v) is 10.8. The third kappa shape index (κ3) is 2.82. The Labute approximate surface area is 182 Å². The van der Waals surface area contributed by atoms with Crippen LogP contribution in [0, 0.1) is 40.4 Å². The van der Waals surface area contributed by atoms with Crippen LogP contribution < -0.4 is 0 Å². The zero-order chi connectivity index (χ0) is 20.5. The van der Waals surface area contributed by atoms with Gasteiger partial charge < -0.3 is 9.84 Å². The summed E-state index contributed by atoms with van der Waals surface area (Å²) in [7, 11) is 0. The van der Waals surface area contributed by atoms with Gasteiger partial charge >= 0.3 is 0 Å². The predicted molar refractivity (Wildman–Crippen MR) is 120 cm³/mol. The lowest BCUT2D eigenvalue weighted by Gasteiger charge is -2.57. The van der Waals surface area contributed by atoms with Gasteiger partial charge in [0.15, 0.2) is 5.90 Å². The summed E-state index contributed by atoms with van der Waals surface area (Å²) in [6, 6.07) is 0. The Kier molecular flexibility index (Phi) is 4.68. The van der Waals surface area contributed by atoms with Gasteiger partial charge in [0.1, 0.15) is 6.10 Å². The number of ether oxygens (including phenoxy) is 1. The minimum Gasteiger partial charge on any atom is -0.477 e. The number of rotatable bonds is 1. The molecule has 0 saturated heterocycles. The van der Waals surface area contributed by atoms with Gasteiger partial charge in [-0.05, 0) is 81.0 Å². The van der Waals surface area contributed by atoms with Crippen molar-refractivity contribution in [1.29, 1.82) is 0 Å². The van der Waals surface area contributed by atoms with Gasteiger partial charge in [0.25, 0.3) is 0 Å². The van der Waals surface area contributed by atoms with Crippen LogP contribution in [0.2, 0.25) is 0 Å². The topological polar surface area (TPSA) is 41.8 Å². The first kappa shape index (κ1) is 19.8. The Morgan fingerprint density at radius 1 is 1.03 bits per heavy atom. The maximum Gasteiger partial charge on any atom is 0.186 e. The molecule has 0 aromatic carbocycles. The van der Waals surface area contributed by atoms with Crippen LogP contribution in [0.3, 0.4) is 0 Å². The van der Waals surface area contributed by atoms with Crippen LogP contribution in [-0.4, -0.2) is 29.8 Å². The first-order valence-corrected chi connectivity index (χ1v) is 13.1. The number of aliphatic hydroxyl groups excluding tert-OH is 1. The summed E-state index contributed by atoms with van der Waals surface area (Å²) in [6.45, 7) is 6.13. The number of hydrogen-bond donors (Lipinski definition) is 1. The summed E-state index contributed by atoms with van der Waals surface area (Å²) in [5.74, 6) is 4.78. The van der Waals surface area contributed by atoms with Gasteiger partial charge in [-0.25, -0.2) is 0 Å². The van der Waals surface area contributed by atoms with Crippen LogP contribution in [0.4, 0.5) is 0 Å². The van der Waals surface area contributed by atoms with Gasteiger partial charge in [-0.3, -0.25) is 4.99 Å². The molecule has 5 aliphatic carbocycles. The van der Waals surface area contributed by atoms with Gasteiger partial charge in [0.2, 0.25) is 0 Å². The predicted octanol–water partition coefficient (Wildman–Crippen LogP) is 5.91. The number of allylic oxidation sites excluding steroid dienone is 1. The Bertz CT molecular complexity index is 752. The van der Waals surface area contributed by atoms with E-state index in [1.54, 1.807) is 5.57 Å². The molecule has 0 bridgehead atoms. The molecule has 4 fully saturated rings. The van der Waals surface area contributed by atoms with Crippen molar-refractivity contribution in [3.8, 4) is 0 Å². The van der Waals surface area contributed by atoms with Crippen molar-refractivity contribution in [1.82, 2.24) is 0 Å². The first-order valence-electron chi connectivity index (χ1n) is 13.1. The fourth-order valence-corrected chi connectivity index (χ4v) is 9.13. The Hall–Kier alpha value is -0.830. The maximum atomic E-state index is 10.3. The highest BCUT2D eigenvalue weighted by molar-refractivity contribution is 5.79.